The second-order valence-corrected chi connectivity index (χ2v) is 4.64. The van der Waals surface area contributed by atoms with Gasteiger partial charge in [-0.15, -0.1) is 0 Å². The molecule has 1 aliphatic rings. The first kappa shape index (κ1) is 13.7. The molecule has 0 unspecified atom stereocenters. The molecule has 0 bridgehead atoms. The van der Waals surface area contributed by atoms with Crippen molar-refractivity contribution in [1.82, 2.24) is 10.2 Å². The number of carbonyl (C=O) groups is 1. The van der Waals surface area contributed by atoms with E-state index in [2.05, 4.69) is 27.2 Å². The minimum absolute atomic E-state index is 0.0785. The number of piperazine rings is 1. The number of methoxy groups -OCH3 is 1. The van der Waals surface area contributed by atoms with E-state index in [1.165, 1.54) is 5.69 Å². The summed E-state index contributed by atoms with van der Waals surface area (Å²) in [5.41, 5.74) is 1.18. The van der Waals surface area contributed by atoms with E-state index in [1.807, 2.05) is 12.1 Å². The number of nitrogens with one attached hydrogen (secondary N) is 1. The molecule has 1 aromatic rings. The molecular weight excluding hydrogens is 242 g/mol. The number of rotatable bonds is 4. The zero-order chi connectivity index (χ0) is 13.7. The van der Waals surface area contributed by atoms with Crippen LogP contribution in [-0.2, 0) is 4.79 Å². The van der Waals surface area contributed by atoms with Gasteiger partial charge in [0.25, 0.3) is 0 Å². The normalized spacial score (nSPS) is 16.2. The lowest BCUT2D eigenvalue weighted by Crippen LogP contribution is -2.49. The lowest BCUT2D eigenvalue weighted by Gasteiger charge is -2.35. The third-order valence-electron chi connectivity index (χ3n) is 3.44. The van der Waals surface area contributed by atoms with Gasteiger partial charge in [-0.3, -0.25) is 9.69 Å². The van der Waals surface area contributed by atoms with Gasteiger partial charge in [0.15, 0.2) is 0 Å². The van der Waals surface area contributed by atoms with E-state index in [1.54, 1.807) is 14.2 Å². The first-order valence-corrected chi connectivity index (χ1v) is 6.55. The molecular formula is C14H21N3O2. The lowest BCUT2D eigenvalue weighted by atomic mass is 10.2. The Bertz CT molecular complexity index is 428. The average Bonchev–Trinajstić information content (AvgIpc) is 2.48. The zero-order valence-electron chi connectivity index (χ0n) is 11.6. The van der Waals surface area contributed by atoms with E-state index in [0.717, 1.165) is 31.9 Å². The van der Waals surface area contributed by atoms with Gasteiger partial charge in [-0.2, -0.15) is 0 Å². The van der Waals surface area contributed by atoms with Crippen LogP contribution in [0.4, 0.5) is 5.69 Å². The largest absolute Gasteiger partial charge is 0.497 e. The molecule has 1 heterocycles. The Morgan fingerprint density at radius 3 is 2.68 bits per heavy atom. The summed E-state index contributed by atoms with van der Waals surface area (Å²) in [5.74, 6) is 0.958. The Morgan fingerprint density at radius 1 is 1.32 bits per heavy atom. The van der Waals surface area contributed by atoms with Crippen molar-refractivity contribution < 1.29 is 9.53 Å². The third kappa shape index (κ3) is 3.61. The highest BCUT2D eigenvalue weighted by molar-refractivity contribution is 5.77. The molecule has 19 heavy (non-hydrogen) atoms. The Morgan fingerprint density at radius 2 is 2.05 bits per heavy atom. The fourth-order valence-electron chi connectivity index (χ4n) is 2.25. The van der Waals surface area contributed by atoms with Gasteiger partial charge in [0.1, 0.15) is 5.75 Å². The number of benzene rings is 1. The highest BCUT2D eigenvalue weighted by Crippen LogP contribution is 2.21. The van der Waals surface area contributed by atoms with Gasteiger partial charge in [-0.05, 0) is 12.1 Å². The SMILES string of the molecule is CNC(=O)CN1CCN(c2cccc(OC)c2)CC1. The number of ether oxygens (including phenoxy) is 1. The molecule has 1 saturated heterocycles. The summed E-state index contributed by atoms with van der Waals surface area (Å²) in [6, 6.07) is 8.10. The van der Waals surface area contributed by atoms with E-state index in [0.29, 0.717) is 6.54 Å². The number of amides is 1. The van der Waals surface area contributed by atoms with Crippen LogP contribution >= 0.6 is 0 Å². The Balaban J connectivity index is 1.90. The van der Waals surface area contributed by atoms with Gasteiger partial charge >= 0.3 is 0 Å². The fraction of sp³-hybridized carbons (Fsp3) is 0.500. The lowest BCUT2D eigenvalue weighted by molar-refractivity contribution is -0.121. The van der Waals surface area contributed by atoms with Crippen LogP contribution in [-0.4, -0.2) is 57.7 Å². The van der Waals surface area contributed by atoms with Gasteiger partial charge < -0.3 is 15.0 Å². The standard InChI is InChI=1S/C14H21N3O2/c1-15-14(18)11-16-6-8-17(9-7-16)12-4-3-5-13(10-12)19-2/h3-5,10H,6-9,11H2,1-2H3,(H,15,18). The predicted octanol–water partition coefficient (Wildman–Crippen LogP) is 0.563. The quantitative estimate of drug-likeness (QED) is 0.862. The van der Waals surface area contributed by atoms with Crippen molar-refractivity contribution in [1.29, 1.82) is 0 Å². The highest BCUT2D eigenvalue weighted by Gasteiger charge is 2.18. The topological polar surface area (TPSA) is 44.8 Å². The average molecular weight is 263 g/mol. The summed E-state index contributed by atoms with van der Waals surface area (Å²) in [7, 11) is 3.36. The molecule has 0 spiro atoms. The van der Waals surface area contributed by atoms with E-state index in [-0.39, 0.29) is 5.91 Å². The molecule has 104 valence electrons. The molecule has 5 heteroatoms. The van der Waals surface area contributed by atoms with Gasteiger partial charge in [-0.25, -0.2) is 0 Å². The summed E-state index contributed by atoms with van der Waals surface area (Å²) in [6.45, 7) is 4.17. The van der Waals surface area contributed by atoms with Crippen LogP contribution < -0.4 is 15.0 Å². The molecule has 5 nitrogen and oxygen atoms in total. The molecule has 2 rings (SSSR count). The Labute approximate surface area is 114 Å². The minimum Gasteiger partial charge on any atom is -0.497 e. The van der Waals surface area contributed by atoms with Crippen LogP contribution in [0.1, 0.15) is 0 Å². The first-order valence-electron chi connectivity index (χ1n) is 6.55. The highest BCUT2D eigenvalue weighted by atomic mass is 16.5. The van der Waals surface area contributed by atoms with Crippen molar-refractivity contribution in [2.45, 2.75) is 0 Å². The van der Waals surface area contributed by atoms with Crippen LogP contribution in [0.15, 0.2) is 24.3 Å². The van der Waals surface area contributed by atoms with Crippen LogP contribution in [0.5, 0.6) is 5.75 Å². The summed E-state index contributed by atoms with van der Waals surface area (Å²) >= 11 is 0. The van der Waals surface area contributed by atoms with Gasteiger partial charge in [0.05, 0.1) is 13.7 Å². The summed E-state index contributed by atoms with van der Waals surface area (Å²) in [6.07, 6.45) is 0. The molecule has 1 aromatic carbocycles. The van der Waals surface area contributed by atoms with Gasteiger partial charge in [0, 0.05) is 45.0 Å². The molecule has 0 aliphatic carbocycles. The molecule has 1 amide bonds. The Kier molecular flexibility index (Phi) is 4.63. The number of nitrogens with zero attached hydrogens (tertiary/aromatic N) is 2. The van der Waals surface area contributed by atoms with Crippen molar-refractivity contribution in [3.8, 4) is 5.75 Å². The third-order valence-corrected chi connectivity index (χ3v) is 3.44. The number of hydrogen-bond acceptors (Lipinski definition) is 4. The molecule has 0 saturated carbocycles. The van der Waals surface area contributed by atoms with Crippen LogP contribution in [0, 0.1) is 0 Å². The van der Waals surface area contributed by atoms with Crippen molar-refractivity contribution >= 4 is 11.6 Å². The van der Waals surface area contributed by atoms with Gasteiger partial charge in [0.2, 0.25) is 5.91 Å². The van der Waals surface area contributed by atoms with Crippen LogP contribution in [0.2, 0.25) is 0 Å². The smallest absolute Gasteiger partial charge is 0.233 e. The summed E-state index contributed by atoms with van der Waals surface area (Å²) in [5, 5.41) is 2.66. The van der Waals surface area contributed by atoms with Crippen molar-refractivity contribution in [2.75, 3.05) is 51.8 Å². The van der Waals surface area contributed by atoms with Gasteiger partial charge in [-0.1, -0.05) is 6.07 Å². The molecule has 0 aromatic heterocycles. The molecule has 0 radical (unpaired) electrons. The molecule has 0 atom stereocenters. The number of likely N-dealkylation sites (N-methyl/N-ethyl adjacent to an activating group) is 1. The van der Waals surface area contributed by atoms with Crippen molar-refractivity contribution in [3.63, 3.8) is 0 Å². The number of anilines is 1. The second kappa shape index (κ2) is 6.43. The fourth-order valence-corrected chi connectivity index (χ4v) is 2.25. The number of carbonyl (C=O) groups excluding carboxylic acids is 1. The van der Waals surface area contributed by atoms with Crippen LogP contribution in [0.25, 0.3) is 0 Å². The Hall–Kier alpha value is -1.75. The zero-order valence-corrected chi connectivity index (χ0v) is 11.6. The maximum Gasteiger partial charge on any atom is 0.233 e. The maximum atomic E-state index is 11.3. The van der Waals surface area contributed by atoms with Crippen LogP contribution in [0.3, 0.4) is 0 Å². The van der Waals surface area contributed by atoms with Crippen molar-refractivity contribution in [2.24, 2.45) is 0 Å². The molecule has 1 aliphatic heterocycles. The molecule has 1 fully saturated rings. The monoisotopic (exact) mass is 263 g/mol. The first-order chi connectivity index (χ1) is 9.22. The van der Waals surface area contributed by atoms with E-state index < -0.39 is 0 Å². The predicted molar refractivity (Wildman–Crippen MR) is 75.7 cm³/mol. The van der Waals surface area contributed by atoms with E-state index in [4.69, 9.17) is 4.74 Å². The second-order valence-electron chi connectivity index (χ2n) is 4.64. The van der Waals surface area contributed by atoms with E-state index in [9.17, 15) is 4.79 Å². The minimum atomic E-state index is 0.0785. The summed E-state index contributed by atoms with van der Waals surface area (Å²) < 4.78 is 5.24. The summed E-state index contributed by atoms with van der Waals surface area (Å²) in [4.78, 5) is 15.8. The maximum absolute atomic E-state index is 11.3. The molecule has 1 N–H and O–H groups in total. The van der Waals surface area contributed by atoms with E-state index >= 15 is 0 Å². The number of hydrogen-bond donors (Lipinski definition) is 1. The van der Waals surface area contributed by atoms with Crippen molar-refractivity contribution in [3.05, 3.63) is 24.3 Å².